The van der Waals surface area contributed by atoms with Gasteiger partial charge in [-0.05, 0) is 86.3 Å². The Morgan fingerprint density at radius 3 is 2.50 bits per heavy atom. The molecule has 1 saturated heterocycles. The van der Waals surface area contributed by atoms with Crippen molar-refractivity contribution in [1.29, 1.82) is 0 Å². The maximum atomic E-state index is 14.8. The van der Waals surface area contributed by atoms with Gasteiger partial charge >= 0.3 is 0 Å². The van der Waals surface area contributed by atoms with E-state index in [1.165, 1.54) is 45.2 Å². The maximum Gasteiger partial charge on any atom is 0.270 e. The number of benzene rings is 3. The van der Waals surface area contributed by atoms with E-state index in [9.17, 15) is 28.4 Å². The average Bonchev–Trinajstić information content (AvgIpc) is 3.31. The summed E-state index contributed by atoms with van der Waals surface area (Å²) in [6.45, 7) is 4.76. The molecule has 4 amide bonds. The van der Waals surface area contributed by atoms with Crippen LogP contribution in [0.3, 0.4) is 0 Å². The van der Waals surface area contributed by atoms with Gasteiger partial charge in [-0.3, -0.25) is 24.5 Å². The third kappa shape index (κ3) is 6.42. The predicted octanol–water partition coefficient (Wildman–Crippen LogP) is 5.33. The highest BCUT2D eigenvalue weighted by Crippen LogP contribution is 2.59. The number of carbonyl (C=O) groups excluding carboxylic acids is 5. The third-order valence-corrected chi connectivity index (χ3v) is 9.40. The van der Waals surface area contributed by atoms with Crippen molar-refractivity contribution in [2.45, 2.75) is 56.6 Å². The van der Waals surface area contributed by atoms with Gasteiger partial charge in [0.2, 0.25) is 17.7 Å². The summed E-state index contributed by atoms with van der Waals surface area (Å²) in [6, 6.07) is 12.7. The zero-order valence-corrected chi connectivity index (χ0v) is 28.1. The minimum absolute atomic E-state index is 0.0776. The Hall–Kier alpha value is -4.32. The van der Waals surface area contributed by atoms with Crippen LogP contribution in [-0.4, -0.2) is 49.2 Å². The van der Waals surface area contributed by atoms with E-state index < -0.39 is 58.3 Å². The number of amides is 4. The lowest BCUT2D eigenvalue weighted by molar-refractivity contribution is -0.142. The maximum absolute atomic E-state index is 14.8. The van der Waals surface area contributed by atoms with Crippen LogP contribution in [0.15, 0.2) is 54.6 Å². The number of aryl methyl sites for hydroxylation is 1. The van der Waals surface area contributed by atoms with Crippen molar-refractivity contribution < 1.29 is 37.8 Å². The van der Waals surface area contributed by atoms with Crippen LogP contribution >= 0.6 is 23.2 Å². The fourth-order valence-electron chi connectivity index (χ4n) is 6.51. The van der Waals surface area contributed by atoms with Crippen LogP contribution in [0.5, 0.6) is 5.75 Å². The molecule has 3 N–H and O–H groups in total. The second kappa shape index (κ2) is 13.7. The van der Waals surface area contributed by atoms with Crippen molar-refractivity contribution in [1.82, 2.24) is 10.6 Å². The molecule has 5 rings (SSSR count). The smallest absolute Gasteiger partial charge is 0.270 e. The van der Waals surface area contributed by atoms with Gasteiger partial charge in [-0.25, -0.2) is 4.39 Å². The monoisotopic (exact) mass is 697 g/mol. The Kier molecular flexibility index (Phi) is 9.96. The summed E-state index contributed by atoms with van der Waals surface area (Å²) in [7, 11) is 1.43. The van der Waals surface area contributed by atoms with Gasteiger partial charge in [0.05, 0.1) is 12.0 Å². The number of methoxy groups -OCH3 is 1. The van der Waals surface area contributed by atoms with E-state index in [1.807, 2.05) is 0 Å². The Morgan fingerprint density at radius 1 is 1.08 bits per heavy atom. The fourth-order valence-corrected chi connectivity index (χ4v) is 6.86. The SMILES string of the molecule is COCCC(C=O)C(=O)NC(=O)C(C)(C)Oc1ccc(Cl)cc1[C@H]1CC(=O)N[C@@H](c2cc(F)ccc2C)[C@]12C(=O)Nc1cc(Cl)ccc12. The molecule has 48 heavy (non-hydrogen) atoms. The number of halogens is 3. The highest BCUT2D eigenvalue weighted by Gasteiger charge is 2.62. The molecular formula is C35H34Cl2FN3O7. The molecule has 4 atom stereocenters. The van der Waals surface area contributed by atoms with E-state index in [-0.39, 0.29) is 30.2 Å². The normalized spacial score (nSPS) is 20.8. The number of anilines is 1. The summed E-state index contributed by atoms with van der Waals surface area (Å²) in [5.74, 6) is -5.04. The molecule has 2 aliphatic rings. The van der Waals surface area contributed by atoms with Gasteiger partial charge in [-0.1, -0.05) is 35.3 Å². The van der Waals surface area contributed by atoms with Gasteiger partial charge < -0.3 is 24.9 Å². The Morgan fingerprint density at radius 2 is 1.79 bits per heavy atom. The van der Waals surface area contributed by atoms with Gasteiger partial charge in [-0.15, -0.1) is 0 Å². The van der Waals surface area contributed by atoms with Crippen LogP contribution in [0.25, 0.3) is 0 Å². The number of piperidine rings is 1. The molecule has 252 valence electrons. The van der Waals surface area contributed by atoms with Crippen molar-refractivity contribution in [3.05, 3.63) is 92.7 Å². The second-order valence-electron chi connectivity index (χ2n) is 12.4. The number of carbonyl (C=O) groups is 5. The van der Waals surface area contributed by atoms with Crippen molar-refractivity contribution >= 4 is 58.8 Å². The molecule has 3 aromatic carbocycles. The zero-order valence-electron chi connectivity index (χ0n) is 26.6. The van der Waals surface area contributed by atoms with Gasteiger partial charge in [0.1, 0.15) is 23.3 Å². The molecule has 0 aliphatic carbocycles. The van der Waals surface area contributed by atoms with Crippen LogP contribution in [-0.2, 0) is 34.1 Å². The van der Waals surface area contributed by atoms with Crippen LogP contribution < -0.4 is 20.7 Å². The van der Waals surface area contributed by atoms with Crippen LogP contribution in [0.1, 0.15) is 60.9 Å². The summed E-state index contributed by atoms with van der Waals surface area (Å²) >= 11 is 12.8. The molecule has 2 heterocycles. The molecule has 1 spiro atoms. The third-order valence-electron chi connectivity index (χ3n) is 8.93. The first-order valence-corrected chi connectivity index (χ1v) is 15.9. The lowest BCUT2D eigenvalue weighted by Gasteiger charge is -2.47. The second-order valence-corrected chi connectivity index (χ2v) is 13.3. The minimum Gasteiger partial charge on any atom is -0.478 e. The molecule has 1 unspecified atom stereocenters. The van der Waals surface area contributed by atoms with E-state index in [4.69, 9.17) is 32.7 Å². The molecule has 10 nitrogen and oxygen atoms in total. The number of nitrogens with one attached hydrogen (secondary N) is 3. The van der Waals surface area contributed by atoms with E-state index in [2.05, 4.69) is 16.0 Å². The summed E-state index contributed by atoms with van der Waals surface area (Å²) in [5, 5.41) is 8.75. The van der Waals surface area contributed by atoms with Crippen LogP contribution in [0.4, 0.5) is 10.1 Å². The highest BCUT2D eigenvalue weighted by atomic mass is 35.5. The number of hydrogen-bond acceptors (Lipinski definition) is 7. The lowest BCUT2D eigenvalue weighted by Crippen LogP contribution is -2.57. The molecule has 0 aromatic heterocycles. The molecule has 0 bridgehead atoms. The lowest BCUT2D eigenvalue weighted by atomic mass is 9.59. The van der Waals surface area contributed by atoms with Gasteiger partial charge in [0.15, 0.2) is 5.60 Å². The number of hydrogen-bond donors (Lipinski definition) is 3. The van der Waals surface area contributed by atoms with E-state index in [0.717, 1.165) is 0 Å². The molecular weight excluding hydrogens is 664 g/mol. The zero-order chi connectivity index (χ0) is 35.0. The molecule has 13 heteroatoms. The molecule has 3 aromatic rings. The number of rotatable bonds is 10. The van der Waals surface area contributed by atoms with Gasteiger partial charge in [0.25, 0.3) is 5.91 Å². The number of ether oxygens (including phenoxy) is 2. The van der Waals surface area contributed by atoms with Gasteiger partial charge in [0, 0.05) is 47.4 Å². The summed E-state index contributed by atoms with van der Waals surface area (Å²) < 4.78 is 26.0. The first kappa shape index (κ1) is 35.0. The number of imide groups is 1. The van der Waals surface area contributed by atoms with Crippen molar-refractivity contribution in [2.24, 2.45) is 5.92 Å². The highest BCUT2D eigenvalue weighted by molar-refractivity contribution is 6.31. The Labute approximate surface area is 286 Å². The van der Waals surface area contributed by atoms with E-state index in [0.29, 0.717) is 39.2 Å². The minimum atomic E-state index is -1.70. The molecule has 1 fully saturated rings. The largest absolute Gasteiger partial charge is 0.478 e. The quantitative estimate of drug-likeness (QED) is 0.192. The van der Waals surface area contributed by atoms with Crippen molar-refractivity contribution in [3.63, 3.8) is 0 Å². The average molecular weight is 699 g/mol. The molecule has 2 aliphatic heterocycles. The topological polar surface area (TPSA) is 140 Å². The molecule has 0 radical (unpaired) electrons. The standard InChI is InChI=1S/C35H34Cl2FN3O7/c1-18-5-8-22(38)15-23(18)30-35(25-9-6-21(37)14-27(25)39-33(35)46)26(16-29(43)40-30)24-13-20(36)7-10-28(24)48-34(2,3)32(45)41-31(44)19(17-42)11-12-47-4/h5-10,13-15,17,19,26,30H,11-12,16H2,1-4H3,(H,39,46)(H,40,43)(H,41,44,45)/t19?,26-,30+,35-/m1/s1. The first-order valence-electron chi connectivity index (χ1n) is 15.2. The van der Waals surface area contributed by atoms with Crippen LogP contribution in [0.2, 0.25) is 10.0 Å². The van der Waals surface area contributed by atoms with Crippen molar-refractivity contribution in [3.8, 4) is 5.75 Å². The van der Waals surface area contributed by atoms with E-state index >= 15 is 0 Å². The summed E-state index contributed by atoms with van der Waals surface area (Å²) in [5.41, 5.74) is -0.955. The van der Waals surface area contributed by atoms with Crippen LogP contribution in [0, 0.1) is 18.7 Å². The predicted molar refractivity (Wildman–Crippen MR) is 176 cm³/mol. The van der Waals surface area contributed by atoms with Crippen molar-refractivity contribution in [2.75, 3.05) is 19.0 Å². The Balaban J connectivity index is 1.63. The fraction of sp³-hybridized carbons (Fsp3) is 0.343. The Bertz CT molecular complexity index is 1820. The number of aldehydes is 1. The first-order chi connectivity index (χ1) is 22.7. The van der Waals surface area contributed by atoms with E-state index in [1.54, 1.807) is 37.3 Å². The summed E-state index contributed by atoms with van der Waals surface area (Å²) in [4.78, 5) is 65.6. The summed E-state index contributed by atoms with van der Waals surface area (Å²) in [6.07, 6.45) is 0.311. The van der Waals surface area contributed by atoms with Gasteiger partial charge in [-0.2, -0.15) is 0 Å². The molecule has 0 saturated carbocycles. The number of fused-ring (bicyclic) bond motifs is 2.